The third kappa shape index (κ3) is 12.0. The number of carbonyl (C=O) groups is 3. The number of esters is 2. The molecule has 0 spiro atoms. The van der Waals surface area contributed by atoms with E-state index in [1.54, 1.807) is 0 Å². The summed E-state index contributed by atoms with van der Waals surface area (Å²) in [6.45, 7) is 26.6. The molecule has 1 aromatic heterocycles. The maximum absolute atomic E-state index is 14.4. The predicted molar refractivity (Wildman–Crippen MR) is 265 cm³/mol. The van der Waals surface area contributed by atoms with Crippen LogP contribution in [0.25, 0.3) is 28.9 Å². The molecule has 1 aliphatic carbocycles. The Morgan fingerprint density at radius 2 is 1.62 bits per heavy atom. The van der Waals surface area contributed by atoms with Gasteiger partial charge in [-0.3, -0.25) is 14.4 Å². The van der Waals surface area contributed by atoms with Crippen LogP contribution in [0.15, 0.2) is 52.4 Å². The second-order valence-corrected chi connectivity index (χ2v) is 20.4. The van der Waals surface area contributed by atoms with Gasteiger partial charge in [-0.05, 0) is 81.1 Å². The molecule has 65 heavy (non-hydrogen) atoms. The van der Waals surface area contributed by atoms with Gasteiger partial charge in [-0.15, -0.1) is 40.6 Å². The molecule has 8 bridgehead atoms. The molecule has 9 nitrogen and oxygen atoms in total. The summed E-state index contributed by atoms with van der Waals surface area (Å²) < 4.78 is 11.1. The molecule has 1 saturated heterocycles. The van der Waals surface area contributed by atoms with Crippen molar-refractivity contribution in [2.75, 3.05) is 13.7 Å². The van der Waals surface area contributed by atoms with E-state index in [-0.39, 0.29) is 83.6 Å². The zero-order valence-electron chi connectivity index (χ0n) is 41.7. The fourth-order valence-corrected chi connectivity index (χ4v) is 11.2. The standard InChI is InChI=1S/C55H77N4O5.Mg/c1-13-39-35(8)42-28-44-37(10)41(24-25-48(60)64-27-26-34(7)23-17-22-33(6)21-16-20-32(5)19-15-18-31(3)4)52(58-44)50-51(55(62)63-12)54(61)49-38(11)45(59-53(49)50)30-47-40(14-2)36(9)43(57-47)29-46(39)56-42;/h13,26,28-33,36-37,40-41,43,47,51,53H,1,14-25,27H2,2-12H3;/q-3;+2/p+1/b34-26+,45-30-,46-29-,52-50-;. The molecule has 5 aliphatic rings. The van der Waals surface area contributed by atoms with Crippen LogP contribution < -0.4 is 20.7 Å². The normalized spacial score (nSPS) is 29.8. The summed E-state index contributed by atoms with van der Waals surface area (Å²) in [5.41, 5.74) is 7.62. The quantitative estimate of drug-likeness (QED) is 0.0605. The molecule has 350 valence electrons. The van der Waals surface area contributed by atoms with E-state index in [2.05, 4.69) is 92.1 Å². The van der Waals surface area contributed by atoms with E-state index in [4.69, 9.17) is 25.1 Å². The minimum absolute atomic E-state index is 0. The summed E-state index contributed by atoms with van der Waals surface area (Å²) in [4.78, 5) is 50.3. The van der Waals surface area contributed by atoms with Crippen molar-refractivity contribution in [3.63, 3.8) is 0 Å². The van der Waals surface area contributed by atoms with Crippen LogP contribution in [0.5, 0.6) is 0 Å². The van der Waals surface area contributed by atoms with Crippen molar-refractivity contribution in [2.24, 2.45) is 47.3 Å². The van der Waals surface area contributed by atoms with E-state index in [0.29, 0.717) is 17.6 Å². The Bertz CT molecular complexity index is 2210. The van der Waals surface area contributed by atoms with E-state index in [1.165, 1.54) is 57.6 Å². The predicted octanol–water partition coefficient (Wildman–Crippen LogP) is 8.65. The van der Waals surface area contributed by atoms with Crippen molar-refractivity contribution in [1.29, 1.82) is 0 Å². The molecule has 2 fully saturated rings. The van der Waals surface area contributed by atoms with Gasteiger partial charge in [-0.1, -0.05) is 147 Å². The van der Waals surface area contributed by atoms with Crippen LogP contribution in [0, 0.1) is 54.3 Å². The van der Waals surface area contributed by atoms with E-state index in [0.717, 1.165) is 81.5 Å². The zero-order valence-corrected chi connectivity index (χ0v) is 43.1. The minimum Gasteiger partial charge on any atom is -0.674 e. The summed E-state index contributed by atoms with van der Waals surface area (Å²) in [6, 6.07) is -0.779. The van der Waals surface area contributed by atoms with Crippen LogP contribution in [-0.4, -0.2) is 78.3 Å². The van der Waals surface area contributed by atoms with Crippen LogP contribution in [0.3, 0.4) is 0 Å². The fraction of sp³-hybridized carbons (Fsp3) is 0.636. The van der Waals surface area contributed by atoms with Gasteiger partial charge < -0.3 is 25.1 Å². The first-order valence-electron chi connectivity index (χ1n) is 24.7. The molecule has 0 radical (unpaired) electrons. The van der Waals surface area contributed by atoms with Crippen molar-refractivity contribution in [1.82, 2.24) is 4.98 Å². The van der Waals surface area contributed by atoms with E-state index in [9.17, 15) is 14.4 Å². The summed E-state index contributed by atoms with van der Waals surface area (Å²) >= 11 is 0. The number of fused-ring (bicyclic) bond motifs is 6. The Balaban J connectivity index is 0.00000793. The number of methoxy groups -OCH3 is 1. The number of aromatic nitrogens is 1. The molecule has 1 N–H and O–H groups in total. The number of ether oxygens (including phenoxy) is 2. The molecule has 10 unspecified atom stereocenters. The van der Waals surface area contributed by atoms with Crippen molar-refractivity contribution >= 4 is 64.7 Å². The first-order chi connectivity index (χ1) is 30.6. The van der Waals surface area contributed by atoms with Crippen LogP contribution in [0.2, 0.25) is 0 Å². The number of allylic oxidation sites excluding steroid dienone is 3. The molecule has 10 atom stereocenters. The van der Waals surface area contributed by atoms with E-state index >= 15 is 0 Å². The average Bonchev–Trinajstić information content (AvgIpc) is 3.99. The molecule has 10 heteroatoms. The number of nitrogens with one attached hydrogen (secondary N) is 1. The van der Waals surface area contributed by atoms with Crippen LogP contribution in [0.1, 0.15) is 150 Å². The SMILES string of the molecule is C=Cc1c(C)/c2[n-]/c1=C\C1[N-]C(/C=C3\[N-]C4C(=C3C)C(=O)C(C(=O)OC)/C4=C3[NH+]=C(\C=2)C(C)C/3CCC(=O)OC/C=C(\C)CCCC(C)CCCC(C)CCCC(C)C)C(CC)C1C.[Mg+2]. The monoisotopic (exact) mass is 899 g/mol. The molecule has 1 aromatic rings. The Hall–Kier alpha value is -3.47. The van der Waals surface area contributed by atoms with E-state index in [1.807, 2.05) is 19.1 Å². The van der Waals surface area contributed by atoms with Gasteiger partial charge in [-0.25, -0.2) is 4.99 Å². The fourth-order valence-electron chi connectivity index (χ4n) is 11.2. The topological polar surface area (TPSA) is 126 Å². The van der Waals surface area contributed by atoms with E-state index < -0.39 is 17.9 Å². The largest absolute Gasteiger partial charge is 2.00 e. The molecule has 6 rings (SSSR count). The first kappa shape index (κ1) is 52.5. The second kappa shape index (κ2) is 23.5. The van der Waals surface area contributed by atoms with Gasteiger partial charge in [0.05, 0.1) is 18.9 Å². The van der Waals surface area contributed by atoms with Gasteiger partial charge in [0, 0.05) is 12.0 Å². The number of ketones is 1. The van der Waals surface area contributed by atoms with Crippen molar-refractivity contribution < 1.29 is 28.8 Å². The molecule has 1 saturated carbocycles. The Labute approximate surface area is 406 Å². The zero-order chi connectivity index (χ0) is 46.4. The van der Waals surface area contributed by atoms with Crippen molar-refractivity contribution in [3.8, 4) is 0 Å². The average molecular weight is 900 g/mol. The van der Waals surface area contributed by atoms with Crippen LogP contribution in [-0.2, 0) is 23.9 Å². The van der Waals surface area contributed by atoms with Crippen molar-refractivity contribution in [2.45, 2.75) is 164 Å². The van der Waals surface area contributed by atoms with Crippen molar-refractivity contribution in [3.05, 3.63) is 84.9 Å². The minimum atomic E-state index is -1.13. The van der Waals surface area contributed by atoms with Gasteiger partial charge in [-0.2, -0.15) is 0 Å². The third-order valence-electron chi connectivity index (χ3n) is 15.4. The molecule has 0 amide bonds. The van der Waals surface area contributed by atoms with Gasteiger partial charge in [0.1, 0.15) is 12.5 Å². The number of rotatable bonds is 20. The molecule has 0 aromatic carbocycles. The first-order valence-corrected chi connectivity index (χ1v) is 24.7. The maximum Gasteiger partial charge on any atom is 2.00 e. The smallest absolute Gasteiger partial charge is 0.674 e. The summed E-state index contributed by atoms with van der Waals surface area (Å²) in [6.07, 6.45) is 23.2. The van der Waals surface area contributed by atoms with Crippen LogP contribution >= 0.6 is 0 Å². The van der Waals surface area contributed by atoms with Gasteiger partial charge >= 0.3 is 35.0 Å². The number of hydrogen-bond donors (Lipinski definition) is 1. The third-order valence-corrected chi connectivity index (χ3v) is 15.4. The Morgan fingerprint density at radius 1 is 0.938 bits per heavy atom. The molecule has 5 heterocycles. The maximum atomic E-state index is 14.4. The molecule has 4 aliphatic heterocycles. The summed E-state index contributed by atoms with van der Waals surface area (Å²) in [5, 5.41) is 12.3. The van der Waals surface area contributed by atoms with Gasteiger partial charge in [0.2, 0.25) is 0 Å². The number of hydrogen-bond acceptors (Lipinski definition) is 5. The molecular weight excluding hydrogens is 821 g/mol. The number of carbonyl (C=O) groups excluding carboxylic acids is 3. The Morgan fingerprint density at radius 3 is 2.26 bits per heavy atom. The summed E-state index contributed by atoms with van der Waals surface area (Å²) in [5.74, 6) is 0.303. The van der Waals surface area contributed by atoms with Gasteiger partial charge in [0.25, 0.3) is 0 Å². The summed E-state index contributed by atoms with van der Waals surface area (Å²) in [7, 11) is 1.33. The van der Waals surface area contributed by atoms with Gasteiger partial charge in [0.15, 0.2) is 17.2 Å². The number of Topliss-reactive ketones (excluding diaryl/α,β-unsaturated/α-hetero) is 1. The van der Waals surface area contributed by atoms with Crippen LogP contribution in [0.4, 0.5) is 0 Å². The number of nitrogens with zero attached hydrogens (tertiary/aromatic N) is 3. The second-order valence-electron chi connectivity index (χ2n) is 20.4. The molecular formula is C55H78MgN4O5. The Kier molecular flexibility index (Phi) is 19.0.